The number of carbonyl (C=O) groups is 17. The van der Waals surface area contributed by atoms with E-state index >= 15 is 28.8 Å². The van der Waals surface area contributed by atoms with Crippen LogP contribution in [-0.2, 0) is 101 Å². The van der Waals surface area contributed by atoms with Crippen LogP contribution in [0.1, 0.15) is 121 Å². The average molecular weight is 1870 g/mol. The number of thioether (sulfide) groups is 1. The molecule has 0 unspecified atom stereocenters. The van der Waals surface area contributed by atoms with Crippen molar-refractivity contribution in [3.8, 4) is 5.75 Å². The zero-order chi connectivity index (χ0) is 96.0. The fourth-order valence-corrected chi connectivity index (χ4v) is 17.6. The van der Waals surface area contributed by atoms with Crippen LogP contribution >= 0.6 is 23.1 Å². The zero-order valence-electron chi connectivity index (χ0n) is 73.9. The Bertz CT molecular complexity index is 4920. The number of nitrogens with zero attached hydrogens (tertiary/aromatic N) is 5. The number of carbonyl (C=O) groups excluding carboxylic acids is 17. The second-order valence-corrected chi connectivity index (χ2v) is 34.6. The minimum absolute atomic E-state index is 0.0168. The van der Waals surface area contributed by atoms with Crippen molar-refractivity contribution in [2.45, 2.75) is 214 Å². The number of aromatic hydroxyl groups is 1. The Morgan fingerprint density at radius 2 is 1.09 bits per heavy atom. The number of benzene rings is 3. The second kappa shape index (κ2) is 50.0. The highest BCUT2D eigenvalue weighted by Gasteiger charge is 2.47. The molecule has 0 spiro atoms. The molecule has 3 saturated heterocycles. The molecule has 3 fully saturated rings. The van der Waals surface area contributed by atoms with Crippen LogP contribution in [0, 0.1) is 5.41 Å². The molecule has 3 aliphatic heterocycles. The molecule has 8 rings (SSSR count). The number of hydrogen-bond donors (Lipinski definition) is 21. The summed E-state index contributed by atoms with van der Waals surface area (Å²) in [7, 11) is 3.86. The molecule has 45 heteroatoms. The van der Waals surface area contributed by atoms with E-state index in [1.807, 2.05) is 19.9 Å². The summed E-state index contributed by atoms with van der Waals surface area (Å²) in [6.45, 7) is 0.342. The number of phenolic OH excluding ortho intramolecular Hbond substituents is 1. The largest absolute Gasteiger partial charge is 0.508 e. The summed E-state index contributed by atoms with van der Waals surface area (Å²) in [5.74, 6) is -18.7. The van der Waals surface area contributed by atoms with Crippen LogP contribution in [0.5, 0.6) is 5.75 Å². The van der Waals surface area contributed by atoms with Crippen molar-refractivity contribution in [1.29, 1.82) is 5.41 Å². The Morgan fingerprint density at radius 3 is 1.74 bits per heavy atom. The summed E-state index contributed by atoms with van der Waals surface area (Å²) in [6.07, 6.45) is -1.24. The number of unbranched alkanes of at least 4 members (excludes halogenated alkanes) is 2. The molecule has 0 bridgehead atoms. The Labute approximate surface area is 763 Å². The van der Waals surface area contributed by atoms with Gasteiger partial charge in [-0.1, -0.05) is 88.1 Å². The standard InChI is InChI=1S/C86H121N21O22S2/c1-7-9-21-64-78(122)95-55(20-15-30-91-86(89)90)74(118)102-63(73(117)93-39-70(88)114)44-130-45-71(115)94-58(33-47-25-27-50(111)28-26-47)81(125)103(4)46(3)72(116)98-60(37-69(87)113)84(128)106-31-16-23-65(106)79(123)101-62(42-110)76(120)96-56(29-32-108)83(127)107-40-51(112)36-67(107)80(124)97-57(34-48-38-92-54-19-13-11-17-52(48)54)75(119)100-61(41-109)77(121)99-59(35-49-43-131-68-24-14-12-18-53(49)68)82(126)105(6)66(22-10-8-2)85(129)104(64)5/h11-14,17-19,24-28,38,43,46,51,55-67,92,108-112H,7-10,15-16,20-23,29-37,39-42,44-45H2,1-6H3,(H2,87,113)(H2,88,114)(H,93,117)(H,94,115)(H,95,122)(H,96,120)(H,97,124)(H,98,116)(H,99,121)(H,100,119)(H,101,123)(H,102,118)(H4,89,90,91)/t46-,51+,55-,56-,57-,58-,59-,60+,61-,62-,63-,64-,65-,66-,67-/m0/s1. The van der Waals surface area contributed by atoms with Crippen LogP contribution in [-0.4, -0.2) is 331 Å². The molecular weight excluding hydrogens is 1740 g/mol. The molecule has 15 atom stereocenters. The minimum atomic E-state index is -1.91. The van der Waals surface area contributed by atoms with Crippen LogP contribution in [0.15, 0.2) is 84.4 Å². The third kappa shape index (κ3) is 29.0. The quantitative estimate of drug-likeness (QED) is 0.0148. The van der Waals surface area contributed by atoms with Gasteiger partial charge in [0.25, 0.3) is 0 Å². The number of nitrogens with one attached hydrogen (secondary N) is 13. The predicted molar refractivity (Wildman–Crippen MR) is 480 cm³/mol. The van der Waals surface area contributed by atoms with E-state index < -0.39 is 261 Å². The molecule has 3 aliphatic rings. The number of nitrogens with two attached hydrogens (primary N) is 3. The molecule has 43 nitrogen and oxygen atoms in total. The molecule has 0 saturated carbocycles. The molecule has 0 aliphatic carbocycles. The number of aliphatic hydroxyl groups excluding tert-OH is 4. The van der Waals surface area contributed by atoms with E-state index in [1.165, 1.54) is 63.7 Å². The van der Waals surface area contributed by atoms with Crippen molar-refractivity contribution in [2.24, 2.45) is 17.2 Å². The van der Waals surface area contributed by atoms with Crippen molar-refractivity contribution in [3.05, 3.63) is 101 Å². The lowest BCUT2D eigenvalue weighted by Crippen LogP contribution is -2.62. The maximum absolute atomic E-state index is 15.7. The van der Waals surface area contributed by atoms with Gasteiger partial charge < -0.3 is 131 Å². The maximum atomic E-state index is 15.7. The highest BCUT2D eigenvalue weighted by Crippen LogP contribution is 2.30. The molecule has 2 aromatic heterocycles. The van der Waals surface area contributed by atoms with Gasteiger partial charge in [0.2, 0.25) is 100 Å². The van der Waals surface area contributed by atoms with Crippen molar-refractivity contribution in [3.63, 3.8) is 0 Å². The molecular formula is C86H121N21O22S2. The second-order valence-electron chi connectivity index (χ2n) is 32.7. The van der Waals surface area contributed by atoms with Crippen molar-refractivity contribution < 1.29 is 107 Å². The van der Waals surface area contributed by atoms with Crippen LogP contribution in [0.2, 0.25) is 0 Å². The van der Waals surface area contributed by atoms with Gasteiger partial charge in [-0.2, -0.15) is 0 Å². The van der Waals surface area contributed by atoms with E-state index in [0.717, 1.165) is 41.0 Å². The number of fused-ring (bicyclic) bond motifs is 4. The Morgan fingerprint density at radius 1 is 0.534 bits per heavy atom. The normalized spacial score (nSPS) is 25.1. The van der Waals surface area contributed by atoms with Crippen molar-refractivity contribution in [2.75, 3.05) is 78.6 Å². The van der Waals surface area contributed by atoms with Gasteiger partial charge >= 0.3 is 0 Å². The SMILES string of the molecule is CCCC[C@H]1C(=O)N(C)[C@@H](CCCC)C(=O)N[C@@H](CCCNC(=N)N)C(=O)N[C@H](C(=O)NCC(N)=O)CSCC(=O)N[C@@H](Cc2ccc(O)cc2)C(=O)N(C)[C@@H](C)C(=O)N[C@H](CC(N)=O)C(=O)N2CCC[C@H]2C(=O)N[C@@H](CO)C(=O)N[C@@H](CCO)C(=O)N2C[C@H](O)C[C@H]2C(=O)N[C@@H](Cc2c[nH]c3ccccc23)C(=O)N[C@@H](CO)C(=O)N[C@@H](Cc2csc3ccccc23)C(=O)N1C. The lowest BCUT2D eigenvalue weighted by atomic mass is 10.00. The Balaban J connectivity index is 1.18. The predicted octanol–water partition coefficient (Wildman–Crippen LogP) is -4.83. The van der Waals surface area contributed by atoms with Gasteiger partial charge in [-0.3, -0.25) is 86.9 Å². The van der Waals surface area contributed by atoms with E-state index in [-0.39, 0.29) is 76.6 Å². The first-order valence-electron chi connectivity index (χ1n) is 43.3. The summed E-state index contributed by atoms with van der Waals surface area (Å²) in [5, 5.41) is 92.6. The topological polar surface area (TPSA) is 658 Å². The molecule has 131 heavy (non-hydrogen) atoms. The molecule has 5 heterocycles. The number of guanidine groups is 1. The van der Waals surface area contributed by atoms with Crippen molar-refractivity contribution in [1.82, 2.24) is 88.0 Å². The van der Waals surface area contributed by atoms with Crippen LogP contribution in [0.3, 0.4) is 0 Å². The number of H-pyrrole nitrogens is 1. The summed E-state index contributed by atoms with van der Waals surface area (Å²) >= 11 is 2.08. The first kappa shape index (κ1) is 104. The number of aromatic nitrogens is 1. The number of primary amides is 2. The lowest BCUT2D eigenvalue weighted by molar-refractivity contribution is -0.149. The molecule has 24 N–H and O–H groups in total. The third-order valence-corrected chi connectivity index (χ3v) is 25.2. The van der Waals surface area contributed by atoms with Gasteiger partial charge in [0, 0.05) is 101 Å². The lowest BCUT2D eigenvalue weighted by Gasteiger charge is -2.36. The first-order chi connectivity index (χ1) is 62.4. The number of hydrogen-bond acceptors (Lipinski definition) is 25. The van der Waals surface area contributed by atoms with Gasteiger partial charge in [-0.25, -0.2) is 0 Å². The number of aliphatic hydroxyl groups is 4. The van der Waals surface area contributed by atoms with Crippen LogP contribution in [0.4, 0.5) is 0 Å². The smallest absolute Gasteiger partial charge is 0.246 e. The third-order valence-electron chi connectivity index (χ3n) is 23.1. The number of thiophene rings is 1. The van der Waals surface area contributed by atoms with Gasteiger partial charge in [-0.15, -0.1) is 23.1 Å². The highest BCUT2D eigenvalue weighted by atomic mass is 32.2. The van der Waals surface area contributed by atoms with Gasteiger partial charge in [-0.05, 0) is 104 Å². The van der Waals surface area contributed by atoms with Crippen LogP contribution in [0.25, 0.3) is 21.0 Å². The summed E-state index contributed by atoms with van der Waals surface area (Å²) in [4.78, 5) is 255. The zero-order valence-corrected chi connectivity index (χ0v) is 75.5. The number of amides is 17. The molecule has 0 radical (unpaired) electrons. The number of likely N-dealkylation sites (N-methyl/N-ethyl adjacent to an activating group) is 3. The summed E-state index contributed by atoms with van der Waals surface area (Å²) in [5.41, 5.74) is 18.7. The van der Waals surface area contributed by atoms with E-state index in [4.69, 9.17) is 22.6 Å². The summed E-state index contributed by atoms with van der Waals surface area (Å²) in [6, 6.07) is -3.24. The minimum Gasteiger partial charge on any atom is -0.508 e. The molecule has 5 aromatic rings. The number of para-hydroxylation sites is 1. The maximum Gasteiger partial charge on any atom is 0.246 e. The fraction of sp³-hybridized carbons (Fsp3) is 0.535. The number of rotatable bonds is 25. The summed E-state index contributed by atoms with van der Waals surface area (Å²) < 4.78 is 0.798. The van der Waals surface area contributed by atoms with E-state index in [1.54, 1.807) is 54.0 Å². The number of phenols is 1. The van der Waals surface area contributed by atoms with Gasteiger partial charge in [0.05, 0.1) is 38.0 Å². The van der Waals surface area contributed by atoms with Gasteiger partial charge in [0.15, 0.2) is 5.96 Å². The van der Waals surface area contributed by atoms with Crippen LogP contribution < -0.4 is 75.7 Å². The van der Waals surface area contributed by atoms with E-state index in [2.05, 4.69) is 63.5 Å². The Kier molecular flexibility index (Phi) is 39.6. The Hall–Kier alpha value is -12.6. The molecule has 3 aromatic carbocycles. The van der Waals surface area contributed by atoms with Crippen molar-refractivity contribution >= 4 is 150 Å². The number of aromatic amines is 1. The first-order valence-corrected chi connectivity index (χ1v) is 45.4. The van der Waals surface area contributed by atoms with E-state index in [0.29, 0.717) is 58.7 Å². The van der Waals surface area contributed by atoms with E-state index in [9.17, 15) is 78.3 Å². The average Bonchev–Trinajstić information content (AvgIpc) is 0.927. The highest BCUT2D eigenvalue weighted by molar-refractivity contribution is 8.00. The van der Waals surface area contributed by atoms with Gasteiger partial charge in [0.1, 0.15) is 90.3 Å². The monoisotopic (exact) mass is 1860 g/mol. The molecule has 17 amide bonds. The fourth-order valence-electron chi connectivity index (χ4n) is 15.7. The molecule has 714 valence electrons.